The molecule has 1 fully saturated rings. The molecule has 0 aromatic heterocycles. The molecule has 0 bridgehead atoms. The number of hydrogen-bond donors (Lipinski definition) is 1. The van der Waals surface area contributed by atoms with Crippen LogP contribution in [0.15, 0.2) is 24.3 Å². The highest BCUT2D eigenvalue weighted by Gasteiger charge is 2.17. The van der Waals surface area contributed by atoms with Crippen LogP contribution in [0.2, 0.25) is 0 Å². The lowest BCUT2D eigenvalue weighted by Crippen LogP contribution is -2.20. The van der Waals surface area contributed by atoms with E-state index in [1.807, 2.05) is 6.07 Å². The molecule has 3 nitrogen and oxygen atoms in total. The molecular formula is C15H23NO2. The van der Waals surface area contributed by atoms with Crippen molar-refractivity contribution in [3.05, 3.63) is 29.8 Å². The van der Waals surface area contributed by atoms with Crippen molar-refractivity contribution in [2.24, 2.45) is 0 Å². The van der Waals surface area contributed by atoms with Gasteiger partial charge in [0.05, 0.1) is 12.7 Å². The topological polar surface area (TPSA) is 30.5 Å². The minimum Gasteiger partial charge on any atom is -0.490 e. The van der Waals surface area contributed by atoms with Crippen molar-refractivity contribution in [2.75, 3.05) is 20.3 Å². The van der Waals surface area contributed by atoms with E-state index in [4.69, 9.17) is 9.47 Å². The van der Waals surface area contributed by atoms with Gasteiger partial charge in [0.25, 0.3) is 0 Å². The molecule has 1 aliphatic carbocycles. The second kappa shape index (κ2) is 7.39. The second-order valence-corrected chi connectivity index (χ2v) is 4.80. The summed E-state index contributed by atoms with van der Waals surface area (Å²) in [4.78, 5) is 0. The van der Waals surface area contributed by atoms with Crippen molar-refractivity contribution in [1.29, 1.82) is 0 Å². The summed E-state index contributed by atoms with van der Waals surface area (Å²) in [6.45, 7) is 2.45. The molecule has 1 aliphatic rings. The SMILES string of the molecule is COCCNCc1ccccc1OC1CCCC1. The standard InChI is InChI=1S/C15H23NO2/c1-17-11-10-16-12-13-6-2-5-9-15(13)18-14-7-3-4-8-14/h2,5-6,9,14,16H,3-4,7-8,10-12H2,1H3. The molecule has 0 aliphatic heterocycles. The van der Waals surface area contributed by atoms with E-state index in [1.165, 1.54) is 31.2 Å². The van der Waals surface area contributed by atoms with Crippen LogP contribution in [0.25, 0.3) is 0 Å². The third kappa shape index (κ3) is 4.00. The first-order valence-corrected chi connectivity index (χ1v) is 6.84. The Morgan fingerprint density at radius 1 is 1.22 bits per heavy atom. The van der Waals surface area contributed by atoms with Crippen molar-refractivity contribution >= 4 is 0 Å². The molecule has 18 heavy (non-hydrogen) atoms. The zero-order valence-corrected chi connectivity index (χ0v) is 11.2. The van der Waals surface area contributed by atoms with Gasteiger partial charge in [0.1, 0.15) is 5.75 Å². The van der Waals surface area contributed by atoms with E-state index in [9.17, 15) is 0 Å². The lowest BCUT2D eigenvalue weighted by atomic mass is 10.2. The summed E-state index contributed by atoms with van der Waals surface area (Å²) < 4.78 is 11.1. The molecule has 1 aromatic rings. The van der Waals surface area contributed by atoms with E-state index < -0.39 is 0 Å². The van der Waals surface area contributed by atoms with E-state index in [0.717, 1.165) is 25.4 Å². The molecule has 0 spiro atoms. The highest BCUT2D eigenvalue weighted by atomic mass is 16.5. The molecule has 0 unspecified atom stereocenters. The van der Waals surface area contributed by atoms with E-state index in [0.29, 0.717) is 6.10 Å². The van der Waals surface area contributed by atoms with E-state index in [1.54, 1.807) is 7.11 Å². The van der Waals surface area contributed by atoms with Gasteiger partial charge in [0.15, 0.2) is 0 Å². The summed E-state index contributed by atoms with van der Waals surface area (Å²) in [5, 5.41) is 3.36. The van der Waals surface area contributed by atoms with Crippen molar-refractivity contribution in [2.45, 2.75) is 38.3 Å². The maximum atomic E-state index is 6.09. The van der Waals surface area contributed by atoms with Crippen molar-refractivity contribution in [3.63, 3.8) is 0 Å². The van der Waals surface area contributed by atoms with Crippen LogP contribution in [0.3, 0.4) is 0 Å². The number of hydrogen-bond acceptors (Lipinski definition) is 3. The first-order valence-electron chi connectivity index (χ1n) is 6.84. The van der Waals surface area contributed by atoms with Gasteiger partial charge in [0, 0.05) is 25.8 Å². The van der Waals surface area contributed by atoms with Gasteiger partial charge < -0.3 is 14.8 Å². The molecule has 0 saturated heterocycles. The molecule has 2 rings (SSSR count). The Bertz CT molecular complexity index is 348. The molecule has 3 heteroatoms. The molecular weight excluding hydrogens is 226 g/mol. The summed E-state index contributed by atoms with van der Waals surface area (Å²) >= 11 is 0. The predicted molar refractivity (Wildman–Crippen MR) is 72.9 cm³/mol. The Morgan fingerprint density at radius 2 is 2.00 bits per heavy atom. The lowest BCUT2D eigenvalue weighted by molar-refractivity contribution is 0.197. The Balaban J connectivity index is 1.87. The third-order valence-electron chi connectivity index (χ3n) is 3.37. The normalized spacial score (nSPS) is 16.1. The summed E-state index contributed by atoms with van der Waals surface area (Å²) in [7, 11) is 1.72. The van der Waals surface area contributed by atoms with Crippen molar-refractivity contribution in [3.8, 4) is 5.75 Å². The average Bonchev–Trinajstić information content (AvgIpc) is 2.89. The molecule has 1 aromatic carbocycles. The maximum Gasteiger partial charge on any atom is 0.124 e. The summed E-state index contributed by atoms with van der Waals surface area (Å²) in [6, 6.07) is 8.31. The Kier molecular flexibility index (Phi) is 5.49. The van der Waals surface area contributed by atoms with Gasteiger partial charge in [-0.3, -0.25) is 0 Å². The summed E-state index contributed by atoms with van der Waals surface area (Å²) in [5.74, 6) is 1.04. The quantitative estimate of drug-likeness (QED) is 0.754. The number of rotatable bonds is 7. The van der Waals surface area contributed by atoms with E-state index in [-0.39, 0.29) is 0 Å². The van der Waals surface area contributed by atoms with Crippen molar-refractivity contribution in [1.82, 2.24) is 5.32 Å². The van der Waals surface area contributed by atoms with Crippen LogP contribution in [0.1, 0.15) is 31.2 Å². The van der Waals surface area contributed by atoms with Crippen LogP contribution >= 0.6 is 0 Å². The number of methoxy groups -OCH3 is 1. The summed E-state index contributed by atoms with van der Waals surface area (Å²) in [6.07, 6.45) is 5.43. The Morgan fingerprint density at radius 3 is 2.78 bits per heavy atom. The number of ether oxygens (including phenoxy) is 2. The molecule has 1 saturated carbocycles. The van der Waals surface area contributed by atoms with Gasteiger partial charge in [0.2, 0.25) is 0 Å². The molecule has 0 radical (unpaired) electrons. The number of benzene rings is 1. The maximum absolute atomic E-state index is 6.09. The van der Waals surface area contributed by atoms with Gasteiger partial charge in [-0.25, -0.2) is 0 Å². The minimum absolute atomic E-state index is 0.421. The molecule has 0 heterocycles. The predicted octanol–water partition coefficient (Wildman–Crippen LogP) is 2.74. The highest BCUT2D eigenvalue weighted by molar-refractivity contribution is 5.33. The number of para-hydroxylation sites is 1. The third-order valence-corrected chi connectivity index (χ3v) is 3.37. The van der Waals surface area contributed by atoms with Gasteiger partial charge in [-0.2, -0.15) is 0 Å². The fourth-order valence-corrected chi connectivity index (χ4v) is 2.35. The fourth-order valence-electron chi connectivity index (χ4n) is 2.35. The van der Waals surface area contributed by atoms with Gasteiger partial charge in [-0.1, -0.05) is 18.2 Å². The van der Waals surface area contributed by atoms with Gasteiger partial charge in [-0.05, 0) is 31.7 Å². The second-order valence-electron chi connectivity index (χ2n) is 4.80. The monoisotopic (exact) mass is 249 g/mol. The summed E-state index contributed by atoms with van der Waals surface area (Å²) in [5.41, 5.74) is 1.24. The van der Waals surface area contributed by atoms with Crippen LogP contribution in [0.5, 0.6) is 5.75 Å². The van der Waals surface area contributed by atoms with Crippen LogP contribution in [-0.2, 0) is 11.3 Å². The van der Waals surface area contributed by atoms with Crippen LogP contribution in [-0.4, -0.2) is 26.4 Å². The molecule has 100 valence electrons. The highest BCUT2D eigenvalue weighted by Crippen LogP contribution is 2.26. The van der Waals surface area contributed by atoms with Gasteiger partial charge in [-0.15, -0.1) is 0 Å². The zero-order chi connectivity index (χ0) is 12.6. The smallest absolute Gasteiger partial charge is 0.124 e. The number of nitrogens with one attached hydrogen (secondary N) is 1. The fraction of sp³-hybridized carbons (Fsp3) is 0.600. The van der Waals surface area contributed by atoms with Crippen LogP contribution in [0.4, 0.5) is 0 Å². The molecule has 0 atom stereocenters. The van der Waals surface area contributed by atoms with Crippen LogP contribution < -0.4 is 10.1 Å². The largest absolute Gasteiger partial charge is 0.490 e. The van der Waals surface area contributed by atoms with E-state index >= 15 is 0 Å². The minimum atomic E-state index is 0.421. The Hall–Kier alpha value is -1.06. The average molecular weight is 249 g/mol. The first-order chi connectivity index (χ1) is 8.90. The first kappa shape index (κ1) is 13.4. The van der Waals surface area contributed by atoms with E-state index in [2.05, 4.69) is 23.5 Å². The van der Waals surface area contributed by atoms with Crippen LogP contribution in [0, 0.1) is 0 Å². The Labute approximate surface area is 109 Å². The molecule has 0 amide bonds. The molecule has 1 N–H and O–H groups in total. The zero-order valence-electron chi connectivity index (χ0n) is 11.2. The lowest BCUT2D eigenvalue weighted by Gasteiger charge is -2.16. The van der Waals surface area contributed by atoms with Crippen molar-refractivity contribution < 1.29 is 9.47 Å². The van der Waals surface area contributed by atoms with Gasteiger partial charge >= 0.3 is 0 Å².